The second-order valence-electron chi connectivity index (χ2n) is 6.66. The predicted molar refractivity (Wildman–Crippen MR) is 76.1 cm³/mol. The third kappa shape index (κ3) is 3.38. The van der Waals surface area contributed by atoms with Gasteiger partial charge in [-0.3, -0.25) is 14.5 Å². The molecule has 1 aliphatic carbocycles. The van der Waals surface area contributed by atoms with Crippen LogP contribution < -0.4 is 5.32 Å². The average Bonchev–Trinajstić information content (AvgIpc) is 2.88. The monoisotopic (exact) mass is 282 g/mol. The highest BCUT2D eigenvalue weighted by atomic mass is 16.3. The van der Waals surface area contributed by atoms with Gasteiger partial charge in [-0.2, -0.15) is 0 Å². The maximum absolute atomic E-state index is 12.1. The lowest BCUT2D eigenvalue weighted by atomic mass is 10.00. The lowest BCUT2D eigenvalue weighted by Gasteiger charge is -2.22. The molecule has 0 aromatic heterocycles. The van der Waals surface area contributed by atoms with Crippen molar-refractivity contribution in [3.05, 3.63) is 0 Å². The summed E-state index contributed by atoms with van der Waals surface area (Å²) in [5.74, 6) is 0.884. The number of likely N-dealkylation sites (tertiary alicyclic amines) is 1. The summed E-state index contributed by atoms with van der Waals surface area (Å²) in [6.45, 7) is 7.40. The van der Waals surface area contributed by atoms with Crippen molar-refractivity contribution in [1.29, 1.82) is 0 Å². The number of ketones is 1. The standard InChI is InChI=1S/C15H26N2O3/c1-9(2)15(10(3)18)16-14(20)8-17-6-11-4-5-13(19)12(11)7-17/h9,11-13,15,19H,4-8H2,1-3H3,(H,16,20). The van der Waals surface area contributed by atoms with E-state index in [4.69, 9.17) is 0 Å². The zero-order valence-corrected chi connectivity index (χ0v) is 12.6. The van der Waals surface area contributed by atoms with Crippen molar-refractivity contribution < 1.29 is 14.7 Å². The van der Waals surface area contributed by atoms with Crippen LogP contribution in [-0.2, 0) is 9.59 Å². The zero-order chi connectivity index (χ0) is 14.9. The highest BCUT2D eigenvalue weighted by molar-refractivity contribution is 5.88. The number of Topliss-reactive ketones (excluding diaryl/α,β-unsaturated/α-hetero) is 1. The van der Waals surface area contributed by atoms with Crippen molar-refractivity contribution in [1.82, 2.24) is 10.2 Å². The topological polar surface area (TPSA) is 69.6 Å². The number of aliphatic hydroxyl groups excluding tert-OH is 1. The first-order valence-electron chi connectivity index (χ1n) is 7.58. The number of nitrogens with one attached hydrogen (secondary N) is 1. The van der Waals surface area contributed by atoms with Gasteiger partial charge in [-0.1, -0.05) is 13.8 Å². The van der Waals surface area contributed by atoms with Gasteiger partial charge in [-0.05, 0) is 31.6 Å². The minimum absolute atomic E-state index is 0.00191. The Morgan fingerprint density at radius 2 is 2.00 bits per heavy atom. The number of aliphatic hydroxyl groups is 1. The molecule has 0 spiro atoms. The van der Waals surface area contributed by atoms with Gasteiger partial charge in [0.2, 0.25) is 5.91 Å². The Kier molecular flexibility index (Phi) is 4.81. The Bertz CT molecular complexity index is 383. The number of hydrogen-bond donors (Lipinski definition) is 2. The molecular weight excluding hydrogens is 256 g/mol. The van der Waals surface area contributed by atoms with Crippen LogP contribution in [0.5, 0.6) is 0 Å². The van der Waals surface area contributed by atoms with Crippen molar-refractivity contribution in [2.45, 2.75) is 45.8 Å². The summed E-state index contributed by atoms with van der Waals surface area (Å²) in [7, 11) is 0. The molecule has 20 heavy (non-hydrogen) atoms. The molecule has 114 valence electrons. The largest absolute Gasteiger partial charge is 0.393 e. The van der Waals surface area contributed by atoms with E-state index in [0.29, 0.717) is 18.4 Å². The fraction of sp³-hybridized carbons (Fsp3) is 0.867. The summed E-state index contributed by atoms with van der Waals surface area (Å²) in [5.41, 5.74) is 0. The molecule has 4 atom stereocenters. The van der Waals surface area contributed by atoms with Gasteiger partial charge in [-0.15, -0.1) is 0 Å². The molecule has 5 nitrogen and oxygen atoms in total. The van der Waals surface area contributed by atoms with Gasteiger partial charge in [0.1, 0.15) is 0 Å². The second-order valence-corrected chi connectivity index (χ2v) is 6.66. The van der Waals surface area contributed by atoms with Crippen LogP contribution in [-0.4, -0.2) is 53.5 Å². The van der Waals surface area contributed by atoms with Gasteiger partial charge < -0.3 is 10.4 Å². The highest BCUT2D eigenvalue weighted by Gasteiger charge is 2.42. The first kappa shape index (κ1) is 15.4. The Labute approximate surface area is 120 Å². The molecule has 2 aliphatic rings. The van der Waals surface area contributed by atoms with E-state index in [1.807, 2.05) is 13.8 Å². The molecule has 1 amide bonds. The summed E-state index contributed by atoms with van der Waals surface area (Å²) in [6.07, 6.45) is 1.76. The van der Waals surface area contributed by atoms with E-state index in [1.165, 1.54) is 6.92 Å². The number of rotatable bonds is 5. The van der Waals surface area contributed by atoms with Gasteiger partial charge in [0.25, 0.3) is 0 Å². The molecular formula is C15H26N2O3. The minimum Gasteiger partial charge on any atom is -0.393 e. The molecule has 4 unspecified atom stereocenters. The van der Waals surface area contributed by atoms with Crippen LogP contribution >= 0.6 is 0 Å². The van der Waals surface area contributed by atoms with Crippen LogP contribution in [0.2, 0.25) is 0 Å². The summed E-state index contributed by atoms with van der Waals surface area (Å²) >= 11 is 0. The van der Waals surface area contributed by atoms with Crippen LogP contribution in [0.4, 0.5) is 0 Å². The fourth-order valence-electron chi connectivity index (χ4n) is 3.62. The van der Waals surface area contributed by atoms with Gasteiger partial charge in [0.05, 0.1) is 18.7 Å². The molecule has 1 heterocycles. The van der Waals surface area contributed by atoms with E-state index in [-0.39, 0.29) is 23.7 Å². The SMILES string of the molecule is CC(=O)C(NC(=O)CN1CC2CCC(O)C2C1)C(C)C. The molecule has 1 saturated carbocycles. The van der Waals surface area contributed by atoms with Crippen LogP contribution in [0.15, 0.2) is 0 Å². The van der Waals surface area contributed by atoms with Gasteiger partial charge in [-0.25, -0.2) is 0 Å². The number of carbonyl (C=O) groups excluding carboxylic acids is 2. The smallest absolute Gasteiger partial charge is 0.234 e. The Morgan fingerprint density at radius 3 is 2.55 bits per heavy atom. The van der Waals surface area contributed by atoms with E-state index in [2.05, 4.69) is 10.2 Å². The maximum Gasteiger partial charge on any atom is 0.234 e. The molecule has 0 radical (unpaired) electrons. The molecule has 1 saturated heterocycles. The van der Waals surface area contributed by atoms with Crippen molar-refractivity contribution in [3.8, 4) is 0 Å². The molecule has 2 rings (SSSR count). The predicted octanol–water partition coefficient (Wildman–Crippen LogP) is 0.419. The van der Waals surface area contributed by atoms with Crippen molar-refractivity contribution >= 4 is 11.7 Å². The molecule has 2 fully saturated rings. The van der Waals surface area contributed by atoms with Crippen molar-refractivity contribution in [2.75, 3.05) is 19.6 Å². The van der Waals surface area contributed by atoms with E-state index in [9.17, 15) is 14.7 Å². The summed E-state index contributed by atoms with van der Waals surface area (Å²) in [5, 5.41) is 12.7. The van der Waals surface area contributed by atoms with Crippen LogP contribution in [0.25, 0.3) is 0 Å². The first-order chi connectivity index (χ1) is 9.38. The Hall–Kier alpha value is -0.940. The molecule has 1 aliphatic heterocycles. The number of amides is 1. The fourth-order valence-corrected chi connectivity index (χ4v) is 3.62. The summed E-state index contributed by atoms with van der Waals surface area (Å²) in [4.78, 5) is 25.7. The normalized spacial score (nSPS) is 31.4. The van der Waals surface area contributed by atoms with Crippen molar-refractivity contribution in [2.24, 2.45) is 17.8 Å². The van der Waals surface area contributed by atoms with Crippen LogP contribution in [0, 0.1) is 17.8 Å². The average molecular weight is 282 g/mol. The lowest BCUT2D eigenvalue weighted by molar-refractivity contribution is -0.128. The van der Waals surface area contributed by atoms with E-state index >= 15 is 0 Å². The zero-order valence-electron chi connectivity index (χ0n) is 12.6. The molecule has 5 heteroatoms. The summed E-state index contributed by atoms with van der Waals surface area (Å²) in [6, 6.07) is -0.393. The second kappa shape index (κ2) is 6.22. The van der Waals surface area contributed by atoms with Crippen LogP contribution in [0.1, 0.15) is 33.6 Å². The number of hydrogen-bond acceptors (Lipinski definition) is 4. The molecule has 2 N–H and O–H groups in total. The number of fused-ring (bicyclic) bond motifs is 1. The van der Waals surface area contributed by atoms with Gasteiger partial charge in [0, 0.05) is 19.0 Å². The third-order valence-electron chi connectivity index (χ3n) is 4.68. The van der Waals surface area contributed by atoms with Gasteiger partial charge >= 0.3 is 0 Å². The Balaban J connectivity index is 1.82. The first-order valence-corrected chi connectivity index (χ1v) is 7.58. The molecule has 0 bridgehead atoms. The van der Waals surface area contributed by atoms with E-state index in [1.54, 1.807) is 0 Å². The van der Waals surface area contributed by atoms with E-state index in [0.717, 1.165) is 25.9 Å². The van der Waals surface area contributed by atoms with Gasteiger partial charge in [0.15, 0.2) is 5.78 Å². The maximum atomic E-state index is 12.1. The van der Waals surface area contributed by atoms with Crippen molar-refractivity contribution in [3.63, 3.8) is 0 Å². The molecule has 0 aromatic carbocycles. The van der Waals surface area contributed by atoms with E-state index < -0.39 is 6.04 Å². The lowest BCUT2D eigenvalue weighted by Crippen LogP contribution is -2.47. The highest BCUT2D eigenvalue weighted by Crippen LogP contribution is 2.37. The number of carbonyl (C=O) groups is 2. The Morgan fingerprint density at radius 1 is 1.30 bits per heavy atom. The van der Waals surface area contributed by atoms with Crippen LogP contribution in [0.3, 0.4) is 0 Å². The molecule has 0 aromatic rings. The summed E-state index contributed by atoms with van der Waals surface area (Å²) < 4.78 is 0. The quantitative estimate of drug-likeness (QED) is 0.767. The minimum atomic E-state index is -0.393. The number of nitrogens with zero attached hydrogens (tertiary/aromatic N) is 1. The third-order valence-corrected chi connectivity index (χ3v) is 4.68.